The zero-order chi connectivity index (χ0) is 9.68. The van der Waals surface area contributed by atoms with Crippen molar-refractivity contribution in [2.75, 3.05) is 6.61 Å². The van der Waals surface area contributed by atoms with E-state index in [1.54, 1.807) is 6.08 Å². The van der Waals surface area contributed by atoms with Crippen molar-refractivity contribution >= 4 is 6.08 Å². The van der Waals surface area contributed by atoms with E-state index in [-0.39, 0.29) is 6.61 Å². The molecular weight excluding hydrogens is 164 g/mol. The SMILES string of the molecule is C=Cc1ccc(C(O)CCO)cc1. The molecule has 2 nitrogen and oxygen atoms in total. The molecule has 2 N–H and O–H groups in total. The van der Waals surface area contributed by atoms with Crippen LogP contribution in [0.15, 0.2) is 30.8 Å². The lowest BCUT2D eigenvalue weighted by molar-refractivity contribution is 0.134. The number of rotatable bonds is 4. The van der Waals surface area contributed by atoms with Gasteiger partial charge in [-0.25, -0.2) is 0 Å². The van der Waals surface area contributed by atoms with E-state index in [2.05, 4.69) is 6.58 Å². The van der Waals surface area contributed by atoms with E-state index in [9.17, 15) is 5.11 Å². The Morgan fingerprint density at radius 1 is 1.31 bits per heavy atom. The average molecular weight is 178 g/mol. The number of hydrogen-bond acceptors (Lipinski definition) is 2. The molecule has 1 atom stereocenters. The minimum absolute atomic E-state index is 0.00434. The summed E-state index contributed by atoms with van der Waals surface area (Å²) in [7, 11) is 0. The molecule has 0 aliphatic heterocycles. The zero-order valence-corrected chi connectivity index (χ0v) is 7.48. The standard InChI is InChI=1S/C11H14O2/c1-2-9-3-5-10(6-4-9)11(13)7-8-12/h2-6,11-13H,1,7-8H2. The molecule has 1 unspecified atom stereocenters. The molecule has 0 aliphatic carbocycles. The first-order chi connectivity index (χ1) is 6.27. The summed E-state index contributed by atoms with van der Waals surface area (Å²) in [4.78, 5) is 0. The molecule has 0 radical (unpaired) electrons. The van der Waals surface area contributed by atoms with Crippen LogP contribution >= 0.6 is 0 Å². The molecule has 0 saturated heterocycles. The summed E-state index contributed by atoms with van der Waals surface area (Å²) in [5.41, 5.74) is 1.86. The summed E-state index contributed by atoms with van der Waals surface area (Å²) in [5.74, 6) is 0. The normalized spacial score (nSPS) is 12.5. The van der Waals surface area contributed by atoms with E-state index in [1.165, 1.54) is 0 Å². The van der Waals surface area contributed by atoms with Gasteiger partial charge in [0.05, 0.1) is 6.10 Å². The minimum Gasteiger partial charge on any atom is -0.396 e. The molecule has 13 heavy (non-hydrogen) atoms. The van der Waals surface area contributed by atoms with Crippen molar-refractivity contribution in [2.45, 2.75) is 12.5 Å². The maximum absolute atomic E-state index is 9.50. The van der Waals surface area contributed by atoms with Crippen molar-refractivity contribution < 1.29 is 10.2 Å². The highest BCUT2D eigenvalue weighted by atomic mass is 16.3. The highest BCUT2D eigenvalue weighted by Gasteiger charge is 2.05. The summed E-state index contributed by atoms with van der Waals surface area (Å²) in [6.07, 6.45) is 1.57. The molecule has 70 valence electrons. The third-order valence-corrected chi connectivity index (χ3v) is 1.96. The number of hydrogen-bond donors (Lipinski definition) is 2. The van der Waals surface area contributed by atoms with Gasteiger partial charge < -0.3 is 10.2 Å². The predicted molar refractivity (Wildman–Crippen MR) is 53.2 cm³/mol. The van der Waals surface area contributed by atoms with Gasteiger partial charge in [0.1, 0.15) is 0 Å². The molecule has 0 aliphatic rings. The molecule has 0 spiro atoms. The van der Waals surface area contributed by atoms with Crippen molar-refractivity contribution in [3.8, 4) is 0 Å². The fourth-order valence-corrected chi connectivity index (χ4v) is 1.14. The van der Waals surface area contributed by atoms with Crippen LogP contribution in [0.1, 0.15) is 23.7 Å². The highest BCUT2D eigenvalue weighted by Crippen LogP contribution is 2.16. The van der Waals surface area contributed by atoms with E-state index < -0.39 is 6.10 Å². The summed E-state index contributed by atoms with van der Waals surface area (Å²) >= 11 is 0. The summed E-state index contributed by atoms with van der Waals surface area (Å²) < 4.78 is 0. The number of aliphatic hydroxyl groups is 2. The van der Waals surface area contributed by atoms with Crippen LogP contribution in [0.4, 0.5) is 0 Å². The van der Waals surface area contributed by atoms with Crippen molar-refractivity contribution in [3.63, 3.8) is 0 Å². The van der Waals surface area contributed by atoms with Gasteiger partial charge >= 0.3 is 0 Å². The molecule has 1 aromatic carbocycles. The monoisotopic (exact) mass is 178 g/mol. The second-order valence-electron chi connectivity index (χ2n) is 2.90. The van der Waals surface area contributed by atoms with Crippen molar-refractivity contribution in [1.29, 1.82) is 0 Å². The average Bonchev–Trinajstić information content (AvgIpc) is 2.18. The largest absolute Gasteiger partial charge is 0.396 e. The lowest BCUT2D eigenvalue weighted by Crippen LogP contribution is -1.99. The summed E-state index contributed by atoms with van der Waals surface area (Å²) in [5, 5.41) is 18.1. The Balaban J connectivity index is 2.73. The Kier molecular flexibility index (Phi) is 3.68. The van der Waals surface area contributed by atoms with Crippen molar-refractivity contribution in [2.24, 2.45) is 0 Å². The molecule has 0 amide bonds. The fraction of sp³-hybridized carbons (Fsp3) is 0.273. The Labute approximate surface area is 78.2 Å². The van der Waals surface area contributed by atoms with Gasteiger partial charge in [-0.1, -0.05) is 36.9 Å². The van der Waals surface area contributed by atoms with E-state index in [0.29, 0.717) is 6.42 Å². The molecule has 0 aromatic heterocycles. The molecule has 1 aromatic rings. The Hall–Kier alpha value is -1.12. The van der Waals surface area contributed by atoms with Gasteiger partial charge in [-0.2, -0.15) is 0 Å². The van der Waals surface area contributed by atoms with Crippen LogP contribution in [-0.4, -0.2) is 16.8 Å². The van der Waals surface area contributed by atoms with Gasteiger partial charge in [-0.05, 0) is 11.1 Å². The van der Waals surface area contributed by atoms with Crippen molar-refractivity contribution in [3.05, 3.63) is 42.0 Å². The first-order valence-corrected chi connectivity index (χ1v) is 4.29. The fourth-order valence-electron chi connectivity index (χ4n) is 1.14. The van der Waals surface area contributed by atoms with E-state index in [1.807, 2.05) is 24.3 Å². The lowest BCUT2D eigenvalue weighted by Gasteiger charge is -2.08. The smallest absolute Gasteiger partial charge is 0.0811 e. The molecular formula is C11H14O2. The first-order valence-electron chi connectivity index (χ1n) is 4.29. The van der Waals surface area contributed by atoms with E-state index in [4.69, 9.17) is 5.11 Å². The van der Waals surface area contributed by atoms with Crippen LogP contribution < -0.4 is 0 Å². The highest BCUT2D eigenvalue weighted by molar-refractivity contribution is 5.47. The van der Waals surface area contributed by atoms with E-state index >= 15 is 0 Å². The van der Waals surface area contributed by atoms with Gasteiger partial charge in [0.2, 0.25) is 0 Å². The summed E-state index contributed by atoms with van der Waals surface area (Å²) in [6, 6.07) is 7.47. The zero-order valence-electron chi connectivity index (χ0n) is 7.48. The molecule has 2 heteroatoms. The third-order valence-electron chi connectivity index (χ3n) is 1.96. The second kappa shape index (κ2) is 4.80. The van der Waals surface area contributed by atoms with Gasteiger partial charge in [0, 0.05) is 13.0 Å². The first kappa shape index (κ1) is 9.96. The van der Waals surface area contributed by atoms with Crippen LogP contribution in [0.25, 0.3) is 6.08 Å². The summed E-state index contributed by atoms with van der Waals surface area (Å²) in [6.45, 7) is 3.64. The lowest BCUT2D eigenvalue weighted by atomic mass is 10.1. The third kappa shape index (κ3) is 2.68. The second-order valence-corrected chi connectivity index (χ2v) is 2.90. The molecule has 0 heterocycles. The maximum Gasteiger partial charge on any atom is 0.0811 e. The van der Waals surface area contributed by atoms with Crippen LogP contribution in [0.2, 0.25) is 0 Å². The minimum atomic E-state index is -0.566. The topological polar surface area (TPSA) is 40.5 Å². The van der Waals surface area contributed by atoms with Crippen LogP contribution in [0.3, 0.4) is 0 Å². The molecule has 0 saturated carbocycles. The number of aliphatic hydroxyl groups excluding tert-OH is 2. The van der Waals surface area contributed by atoms with Gasteiger partial charge in [0.15, 0.2) is 0 Å². The Bertz CT molecular complexity index is 264. The van der Waals surface area contributed by atoms with Gasteiger partial charge in [-0.3, -0.25) is 0 Å². The van der Waals surface area contributed by atoms with Crippen LogP contribution in [0, 0.1) is 0 Å². The molecule has 0 fully saturated rings. The Morgan fingerprint density at radius 2 is 1.92 bits per heavy atom. The molecule has 0 bridgehead atoms. The van der Waals surface area contributed by atoms with Gasteiger partial charge in [0.25, 0.3) is 0 Å². The quantitative estimate of drug-likeness (QED) is 0.737. The van der Waals surface area contributed by atoms with Crippen LogP contribution in [0.5, 0.6) is 0 Å². The predicted octanol–water partition coefficient (Wildman–Crippen LogP) is 1.75. The maximum atomic E-state index is 9.50. The Morgan fingerprint density at radius 3 is 2.38 bits per heavy atom. The van der Waals surface area contributed by atoms with E-state index in [0.717, 1.165) is 11.1 Å². The van der Waals surface area contributed by atoms with Crippen molar-refractivity contribution in [1.82, 2.24) is 0 Å². The molecule has 1 rings (SSSR count). The van der Waals surface area contributed by atoms with Gasteiger partial charge in [-0.15, -0.1) is 0 Å². The van der Waals surface area contributed by atoms with Crippen LogP contribution in [-0.2, 0) is 0 Å². The number of benzene rings is 1.